The minimum absolute atomic E-state index is 0.496. The fourth-order valence-corrected chi connectivity index (χ4v) is 3.03. The SMILES string of the molecule is CNC1CCN(CCCn2ccnc2)c2ccccc21. The lowest BCUT2D eigenvalue weighted by Crippen LogP contribution is -2.35. The van der Waals surface area contributed by atoms with E-state index < -0.39 is 0 Å². The van der Waals surface area contributed by atoms with Crippen molar-refractivity contribution < 1.29 is 0 Å². The molecule has 1 unspecified atom stereocenters. The zero-order valence-electron chi connectivity index (χ0n) is 12.0. The average Bonchev–Trinajstić information content (AvgIpc) is 3.01. The average molecular weight is 270 g/mol. The molecule has 2 aromatic rings. The van der Waals surface area contributed by atoms with Crippen molar-refractivity contribution in [3.8, 4) is 0 Å². The number of aryl methyl sites for hydroxylation is 1. The zero-order chi connectivity index (χ0) is 13.8. The molecular weight excluding hydrogens is 248 g/mol. The molecule has 1 N–H and O–H groups in total. The molecule has 2 heterocycles. The van der Waals surface area contributed by atoms with Gasteiger partial charge in [-0.1, -0.05) is 18.2 Å². The molecule has 0 aliphatic carbocycles. The van der Waals surface area contributed by atoms with Crippen LogP contribution in [-0.4, -0.2) is 29.7 Å². The summed E-state index contributed by atoms with van der Waals surface area (Å²) in [6.07, 6.45) is 8.09. The van der Waals surface area contributed by atoms with Crippen LogP contribution < -0.4 is 10.2 Å². The van der Waals surface area contributed by atoms with Gasteiger partial charge in [-0.25, -0.2) is 4.98 Å². The predicted octanol–water partition coefficient (Wildman–Crippen LogP) is 2.44. The highest BCUT2D eigenvalue weighted by Crippen LogP contribution is 2.33. The van der Waals surface area contributed by atoms with Crippen LogP contribution in [0.25, 0.3) is 0 Å². The standard InChI is InChI=1S/C16H22N4/c1-17-15-7-11-20(16-6-3-2-5-14(15)16)10-4-9-19-12-8-18-13-19/h2-3,5-6,8,12-13,15,17H,4,7,9-11H2,1H3. The van der Waals surface area contributed by atoms with Crippen molar-refractivity contribution in [3.05, 3.63) is 48.5 Å². The Kier molecular flexibility index (Phi) is 4.02. The number of hydrogen-bond donors (Lipinski definition) is 1. The zero-order valence-corrected chi connectivity index (χ0v) is 12.0. The Morgan fingerprint density at radius 2 is 2.20 bits per heavy atom. The molecule has 0 saturated heterocycles. The molecule has 106 valence electrons. The van der Waals surface area contributed by atoms with E-state index >= 15 is 0 Å². The molecule has 1 aromatic carbocycles. The van der Waals surface area contributed by atoms with E-state index in [0.717, 1.165) is 26.1 Å². The minimum atomic E-state index is 0.496. The fraction of sp³-hybridized carbons (Fsp3) is 0.438. The third-order valence-electron chi connectivity index (χ3n) is 4.09. The van der Waals surface area contributed by atoms with Gasteiger partial charge in [-0.05, 0) is 31.5 Å². The van der Waals surface area contributed by atoms with Gasteiger partial charge in [0.1, 0.15) is 0 Å². The molecule has 1 atom stereocenters. The molecule has 20 heavy (non-hydrogen) atoms. The van der Waals surface area contributed by atoms with Gasteiger partial charge < -0.3 is 14.8 Å². The topological polar surface area (TPSA) is 33.1 Å². The molecule has 0 fully saturated rings. The van der Waals surface area contributed by atoms with E-state index in [1.54, 1.807) is 0 Å². The van der Waals surface area contributed by atoms with Crippen molar-refractivity contribution in [1.29, 1.82) is 0 Å². The second-order valence-electron chi connectivity index (χ2n) is 5.33. The Bertz CT molecular complexity index is 535. The number of rotatable bonds is 5. The molecule has 0 bridgehead atoms. The molecule has 0 radical (unpaired) electrons. The van der Waals surface area contributed by atoms with Crippen molar-refractivity contribution >= 4 is 5.69 Å². The molecule has 0 amide bonds. The van der Waals surface area contributed by atoms with Crippen molar-refractivity contribution in [1.82, 2.24) is 14.9 Å². The molecule has 4 nitrogen and oxygen atoms in total. The van der Waals surface area contributed by atoms with E-state index in [9.17, 15) is 0 Å². The number of nitrogens with zero attached hydrogens (tertiary/aromatic N) is 3. The Morgan fingerprint density at radius 3 is 3.00 bits per heavy atom. The maximum Gasteiger partial charge on any atom is 0.0945 e. The van der Waals surface area contributed by atoms with Crippen LogP contribution in [0.1, 0.15) is 24.4 Å². The summed E-state index contributed by atoms with van der Waals surface area (Å²) in [6.45, 7) is 3.27. The lowest BCUT2D eigenvalue weighted by molar-refractivity contribution is 0.507. The van der Waals surface area contributed by atoms with Gasteiger partial charge >= 0.3 is 0 Å². The first kappa shape index (κ1) is 13.2. The van der Waals surface area contributed by atoms with Crippen LogP contribution in [0.15, 0.2) is 43.0 Å². The van der Waals surface area contributed by atoms with Gasteiger partial charge in [0.25, 0.3) is 0 Å². The van der Waals surface area contributed by atoms with Crippen molar-refractivity contribution in [3.63, 3.8) is 0 Å². The number of imidazole rings is 1. The minimum Gasteiger partial charge on any atom is -0.371 e. The molecule has 1 aliphatic heterocycles. The van der Waals surface area contributed by atoms with Gasteiger partial charge in [0.05, 0.1) is 6.33 Å². The van der Waals surface area contributed by atoms with Crippen LogP contribution in [0.5, 0.6) is 0 Å². The first-order chi connectivity index (χ1) is 9.88. The van der Waals surface area contributed by atoms with Crippen LogP contribution in [0.2, 0.25) is 0 Å². The Hall–Kier alpha value is -1.81. The molecular formula is C16H22N4. The summed E-state index contributed by atoms with van der Waals surface area (Å²) < 4.78 is 2.15. The number of hydrogen-bond acceptors (Lipinski definition) is 3. The Balaban J connectivity index is 1.65. The number of benzene rings is 1. The van der Waals surface area contributed by atoms with Gasteiger partial charge in [-0.2, -0.15) is 0 Å². The maximum absolute atomic E-state index is 4.09. The van der Waals surface area contributed by atoms with Crippen LogP contribution in [-0.2, 0) is 6.54 Å². The number of nitrogens with one attached hydrogen (secondary N) is 1. The quantitative estimate of drug-likeness (QED) is 0.906. The Labute approximate surface area is 120 Å². The smallest absolute Gasteiger partial charge is 0.0945 e. The second-order valence-corrected chi connectivity index (χ2v) is 5.33. The lowest BCUT2D eigenvalue weighted by Gasteiger charge is -2.35. The van der Waals surface area contributed by atoms with E-state index in [0.29, 0.717) is 6.04 Å². The summed E-state index contributed by atoms with van der Waals surface area (Å²) in [5, 5.41) is 3.42. The van der Waals surface area contributed by atoms with Crippen LogP contribution >= 0.6 is 0 Å². The first-order valence-electron chi connectivity index (χ1n) is 7.35. The lowest BCUT2D eigenvalue weighted by atomic mass is 9.96. The number of aromatic nitrogens is 2. The first-order valence-corrected chi connectivity index (χ1v) is 7.35. The highest BCUT2D eigenvalue weighted by molar-refractivity contribution is 5.56. The molecule has 4 heteroatoms. The van der Waals surface area contributed by atoms with E-state index in [-0.39, 0.29) is 0 Å². The van der Waals surface area contributed by atoms with Crippen LogP contribution in [0.3, 0.4) is 0 Å². The fourth-order valence-electron chi connectivity index (χ4n) is 3.03. The molecule has 1 aliphatic rings. The third kappa shape index (κ3) is 2.70. The molecule has 0 spiro atoms. The number of fused-ring (bicyclic) bond motifs is 1. The highest BCUT2D eigenvalue weighted by atomic mass is 15.2. The van der Waals surface area contributed by atoms with Crippen molar-refractivity contribution in [2.75, 3.05) is 25.0 Å². The summed E-state index contributed by atoms with van der Waals surface area (Å²) in [4.78, 5) is 6.60. The summed E-state index contributed by atoms with van der Waals surface area (Å²) >= 11 is 0. The van der Waals surface area contributed by atoms with Gasteiger partial charge in [-0.15, -0.1) is 0 Å². The van der Waals surface area contributed by atoms with Crippen LogP contribution in [0, 0.1) is 0 Å². The van der Waals surface area contributed by atoms with Crippen LogP contribution in [0.4, 0.5) is 5.69 Å². The molecule has 0 saturated carbocycles. The predicted molar refractivity (Wildman–Crippen MR) is 81.9 cm³/mol. The van der Waals surface area contributed by atoms with E-state index in [4.69, 9.17) is 0 Å². The maximum atomic E-state index is 4.09. The van der Waals surface area contributed by atoms with Gasteiger partial charge in [0, 0.05) is 43.8 Å². The second kappa shape index (κ2) is 6.09. The normalized spacial score (nSPS) is 18.1. The number of para-hydroxylation sites is 1. The van der Waals surface area contributed by atoms with E-state index in [2.05, 4.69) is 51.1 Å². The number of anilines is 1. The van der Waals surface area contributed by atoms with Crippen molar-refractivity contribution in [2.45, 2.75) is 25.4 Å². The molecule has 3 rings (SSSR count). The third-order valence-corrected chi connectivity index (χ3v) is 4.09. The summed E-state index contributed by atoms with van der Waals surface area (Å²) in [5.41, 5.74) is 2.83. The van der Waals surface area contributed by atoms with Gasteiger partial charge in [0.15, 0.2) is 0 Å². The summed E-state index contributed by atoms with van der Waals surface area (Å²) in [6, 6.07) is 9.27. The van der Waals surface area contributed by atoms with Gasteiger partial charge in [0.2, 0.25) is 0 Å². The van der Waals surface area contributed by atoms with E-state index in [1.807, 2.05) is 18.7 Å². The summed E-state index contributed by atoms with van der Waals surface area (Å²) in [5.74, 6) is 0. The highest BCUT2D eigenvalue weighted by Gasteiger charge is 2.22. The monoisotopic (exact) mass is 270 g/mol. The summed E-state index contributed by atoms with van der Waals surface area (Å²) in [7, 11) is 2.05. The Morgan fingerprint density at radius 1 is 1.30 bits per heavy atom. The largest absolute Gasteiger partial charge is 0.371 e. The van der Waals surface area contributed by atoms with Crippen molar-refractivity contribution in [2.24, 2.45) is 0 Å². The molecule has 1 aromatic heterocycles. The van der Waals surface area contributed by atoms with E-state index in [1.165, 1.54) is 17.7 Å². The van der Waals surface area contributed by atoms with Gasteiger partial charge in [-0.3, -0.25) is 0 Å².